The van der Waals surface area contributed by atoms with E-state index in [1.54, 1.807) is 17.0 Å². The summed E-state index contributed by atoms with van der Waals surface area (Å²) >= 11 is 0. The fourth-order valence-corrected chi connectivity index (χ4v) is 14.8. The first-order valence-electron chi connectivity index (χ1n) is 20.7. The molecule has 290 valence electrons. The van der Waals surface area contributed by atoms with Crippen LogP contribution in [0.2, 0.25) is 5.04 Å². The van der Waals surface area contributed by atoms with Crippen molar-refractivity contribution in [3.63, 3.8) is 0 Å². The van der Waals surface area contributed by atoms with Gasteiger partial charge < -0.3 is 14.3 Å². The van der Waals surface area contributed by atoms with Gasteiger partial charge in [-0.2, -0.15) is 0 Å². The second-order valence-corrected chi connectivity index (χ2v) is 21.6. The van der Waals surface area contributed by atoms with E-state index in [0.717, 1.165) is 55.2 Å². The van der Waals surface area contributed by atoms with E-state index in [1.165, 1.54) is 27.9 Å². The third-order valence-corrected chi connectivity index (χ3v) is 17.9. The molecule has 3 fully saturated rings. The van der Waals surface area contributed by atoms with Crippen LogP contribution in [0, 0.1) is 17.8 Å². The fourth-order valence-electron chi connectivity index (χ4n) is 10.3. The first-order valence-corrected chi connectivity index (χ1v) is 22.6. The number of imide groups is 1. The van der Waals surface area contributed by atoms with Gasteiger partial charge in [0.15, 0.2) is 0 Å². The lowest BCUT2D eigenvalue weighted by molar-refractivity contribution is -0.143. The molecular weight excluding hydrogens is 711 g/mol. The largest absolute Gasteiger partial charge is 0.508 e. The van der Waals surface area contributed by atoms with E-state index in [4.69, 9.17) is 9.16 Å². The third-order valence-electron chi connectivity index (χ3n) is 12.9. The maximum absolute atomic E-state index is 14.5. The van der Waals surface area contributed by atoms with Crippen molar-refractivity contribution in [1.29, 1.82) is 0 Å². The smallest absolute Gasteiger partial charge is 0.261 e. The molecule has 4 aliphatic rings. The average Bonchev–Trinajstić information content (AvgIpc) is 3.75. The maximum atomic E-state index is 14.5. The molecule has 2 aliphatic carbocycles. The molecule has 56 heavy (non-hydrogen) atoms. The Labute approximate surface area is 333 Å². The lowest BCUT2D eigenvalue weighted by Gasteiger charge is -2.44. The van der Waals surface area contributed by atoms with Crippen molar-refractivity contribution in [3.05, 3.63) is 138 Å². The number of likely N-dealkylation sites (tertiary alicyclic amines) is 1. The summed E-state index contributed by atoms with van der Waals surface area (Å²) in [5, 5.41) is 12.2. The molecule has 1 N–H and O–H groups in total. The number of carbonyl (C=O) groups excluding carboxylic acids is 2. The highest BCUT2D eigenvalue weighted by atomic mass is 28.4. The van der Waals surface area contributed by atoms with Gasteiger partial charge in [0, 0.05) is 12.0 Å². The molecule has 0 unspecified atom stereocenters. The van der Waals surface area contributed by atoms with Crippen LogP contribution in [0.3, 0.4) is 0 Å². The predicted octanol–water partition coefficient (Wildman–Crippen LogP) is 8.94. The summed E-state index contributed by atoms with van der Waals surface area (Å²) in [6, 6.07) is 39.2. The maximum Gasteiger partial charge on any atom is 0.261 e. The van der Waals surface area contributed by atoms with Crippen LogP contribution in [0.25, 0.3) is 11.6 Å². The Hall–Kier alpha value is -4.56. The highest BCUT2D eigenvalue weighted by Crippen LogP contribution is 2.51. The number of hydrogen-bond acceptors (Lipinski definition) is 5. The molecule has 4 aromatic carbocycles. The van der Waals surface area contributed by atoms with Gasteiger partial charge >= 0.3 is 0 Å². The number of nitrogens with zero attached hydrogens (tertiary/aromatic N) is 1. The number of ether oxygens (including phenoxy) is 1. The summed E-state index contributed by atoms with van der Waals surface area (Å²) < 4.78 is 14.4. The molecule has 0 aromatic heterocycles. The van der Waals surface area contributed by atoms with Gasteiger partial charge in [-0.15, -0.1) is 0 Å². The SMILES string of the molecule is CC(C)(C)[Si](OCC1=C2[C@@H](CC/C(=C/c3ccc(O)cc3)c3ccccc3)OC[C@@H]2[C@@H]2C(=O)N(C3CCCCC3)C(=O)[C@@H]2C1)(c1ccccc1)c1ccccc1. The van der Waals surface area contributed by atoms with Crippen LogP contribution in [0.15, 0.2) is 126 Å². The van der Waals surface area contributed by atoms with Crippen LogP contribution in [-0.2, 0) is 18.8 Å². The van der Waals surface area contributed by atoms with E-state index >= 15 is 0 Å². The molecule has 1 saturated carbocycles. The Balaban J connectivity index is 1.18. The van der Waals surface area contributed by atoms with Crippen molar-refractivity contribution < 1.29 is 23.9 Å². The van der Waals surface area contributed by atoms with E-state index < -0.39 is 8.32 Å². The van der Waals surface area contributed by atoms with Crippen LogP contribution < -0.4 is 10.4 Å². The standard InChI is InChI=1S/C49H55NO5Si/c1-49(2,3)56(40-20-12-6-13-21-40,41-22-14-7-15-23-41)55-32-37-31-42-46(48(53)50(47(42)52)38-18-10-5-11-19-38)43-33-54-44(45(37)43)29-26-36(35-16-8-4-9-17-35)30-34-24-27-39(51)28-25-34/h4,6-9,12-17,20-25,27-28,30,38,42-44,46,51H,5,10-11,18-19,26,29,31-33H2,1-3H3/b36-30-/t42-,43+,44-,46-/m1/s1. The molecule has 7 heteroatoms. The quantitative estimate of drug-likeness (QED) is 0.0715. The average molecular weight is 766 g/mol. The minimum absolute atomic E-state index is 0.00574. The van der Waals surface area contributed by atoms with Gasteiger partial charge in [-0.05, 0) is 87.5 Å². The molecule has 0 bridgehead atoms. The molecule has 8 rings (SSSR count). The van der Waals surface area contributed by atoms with Crippen LogP contribution in [0.4, 0.5) is 0 Å². The zero-order valence-corrected chi connectivity index (χ0v) is 34.0. The molecular formula is C49H55NO5Si. The summed E-state index contributed by atoms with van der Waals surface area (Å²) in [7, 11) is -2.90. The Bertz CT molecular complexity index is 2030. The molecule has 2 saturated heterocycles. The van der Waals surface area contributed by atoms with E-state index in [2.05, 4.69) is 112 Å². The second-order valence-electron chi connectivity index (χ2n) is 17.3. The van der Waals surface area contributed by atoms with Crippen molar-refractivity contribution >= 4 is 42.2 Å². The highest BCUT2D eigenvalue weighted by molar-refractivity contribution is 6.99. The van der Waals surface area contributed by atoms with Gasteiger partial charge in [-0.25, -0.2) is 0 Å². The van der Waals surface area contributed by atoms with Gasteiger partial charge in [0.2, 0.25) is 11.8 Å². The van der Waals surface area contributed by atoms with Gasteiger partial charge in [-0.3, -0.25) is 14.5 Å². The summed E-state index contributed by atoms with van der Waals surface area (Å²) in [6.07, 6.45) is 9.11. The number of allylic oxidation sites excluding steroid dienone is 1. The van der Waals surface area contributed by atoms with Gasteiger partial charge in [0.05, 0.1) is 31.2 Å². The zero-order chi connectivity index (χ0) is 38.9. The number of phenolic OH excluding ortho intramolecular Hbond substituents is 1. The Morgan fingerprint density at radius 1 is 0.804 bits per heavy atom. The lowest BCUT2D eigenvalue weighted by Crippen LogP contribution is -2.66. The Kier molecular flexibility index (Phi) is 11.0. The summed E-state index contributed by atoms with van der Waals surface area (Å²) in [5.41, 5.74) is 5.67. The summed E-state index contributed by atoms with van der Waals surface area (Å²) in [6.45, 7) is 7.71. The molecule has 2 heterocycles. The second kappa shape index (κ2) is 16.1. The van der Waals surface area contributed by atoms with E-state index in [0.29, 0.717) is 19.6 Å². The Morgan fingerprint density at radius 3 is 2.02 bits per heavy atom. The van der Waals surface area contributed by atoms with E-state index in [1.807, 2.05) is 18.2 Å². The number of benzene rings is 4. The van der Waals surface area contributed by atoms with E-state index in [-0.39, 0.29) is 52.5 Å². The van der Waals surface area contributed by atoms with Gasteiger partial charge in [0.1, 0.15) is 5.75 Å². The molecule has 0 radical (unpaired) electrons. The van der Waals surface area contributed by atoms with Crippen LogP contribution >= 0.6 is 0 Å². The van der Waals surface area contributed by atoms with E-state index in [9.17, 15) is 14.7 Å². The first kappa shape index (κ1) is 38.3. The topological polar surface area (TPSA) is 76.1 Å². The zero-order valence-electron chi connectivity index (χ0n) is 33.0. The number of amides is 2. The van der Waals surface area contributed by atoms with Crippen molar-refractivity contribution in [2.45, 2.75) is 89.3 Å². The molecule has 4 atom stereocenters. The normalized spacial score (nSPS) is 23.4. The highest BCUT2D eigenvalue weighted by Gasteiger charge is 2.59. The first-order chi connectivity index (χ1) is 27.2. The van der Waals surface area contributed by atoms with Crippen LogP contribution in [0.1, 0.15) is 83.3 Å². The minimum Gasteiger partial charge on any atom is -0.508 e. The number of hydrogen-bond donors (Lipinski definition) is 1. The van der Waals surface area contributed by atoms with Gasteiger partial charge in [0.25, 0.3) is 8.32 Å². The van der Waals surface area contributed by atoms with Crippen molar-refractivity contribution in [3.8, 4) is 5.75 Å². The summed E-state index contributed by atoms with van der Waals surface area (Å²) in [5.74, 6) is -0.646. The number of fused-ring (bicyclic) bond motifs is 3. The lowest BCUT2D eigenvalue weighted by atomic mass is 9.69. The van der Waals surface area contributed by atoms with Crippen LogP contribution in [-0.4, -0.2) is 55.5 Å². The van der Waals surface area contributed by atoms with Crippen LogP contribution in [0.5, 0.6) is 5.75 Å². The number of phenols is 1. The minimum atomic E-state index is -2.90. The number of aromatic hydroxyl groups is 1. The van der Waals surface area contributed by atoms with Crippen molar-refractivity contribution in [2.24, 2.45) is 17.8 Å². The third kappa shape index (κ3) is 7.26. The molecule has 4 aromatic rings. The molecule has 2 amide bonds. The van der Waals surface area contributed by atoms with Crippen molar-refractivity contribution in [1.82, 2.24) is 4.90 Å². The van der Waals surface area contributed by atoms with Gasteiger partial charge in [-0.1, -0.05) is 149 Å². The predicted molar refractivity (Wildman–Crippen MR) is 226 cm³/mol. The Morgan fingerprint density at radius 2 is 1.41 bits per heavy atom. The monoisotopic (exact) mass is 765 g/mol. The molecule has 6 nitrogen and oxygen atoms in total. The fraction of sp³-hybridized carbons (Fsp3) is 0.388. The molecule has 0 spiro atoms. The number of rotatable bonds is 11. The van der Waals surface area contributed by atoms with Crippen molar-refractivity contribution in [2.75, 3.05) is 13.2 Å². The number of carbonyl (C=O) groups is 2. The summed E-state index contributed by atoms with van der Waals surface area (Å²) in [4.78, 5) is 30.6. The molecule has 2 aliphatic heterocycles.